The van der Waals surface area contributed by atoms with Gasteiger partial charge in [0.25, 0.3) is 7.82 Å². The summed E-state index contributed by atoms with van der Waals surface area (Å²) in [5.41, 5.74) is 0. The fourth-order valence-electron chi connectivity index (χ4n) is 9.31. The lowest BCUT2D eigenvalue weighted by Crippen LogP contribution is -2.37. The van der Waals surface area contributed by atoms with Crippen molar-refractivity contribution >= 4 is 19.8 Å². The first-order valence-electron chi connectivity index (χ1n) is 32.3. The van der Waals surface area contributed by atoms with Crippen LogP contribution in [0.5, 0.6) is 0 Å². The minimum atomic E-state index is -4.64. The zero-order valence-electron chi connectivity index (χ0n) is 50.7. The van der Waals surface area contributed by atoms with Gasteiger partial charge in [0.15, 0.2) is 6.10 Å². The number of carbonyl (C=O) groups excluding carboxylic acids is 2. The molecule has 446 valence electrons. The van der Waals surface area contributed by atoms with Crippen molar-refractivity contribution in [2.24, 2.45) is 0 Å². The Bertz CT molecular complexity index is 1420. The lowest BCUT2D eigenvalue weighted by Gasteiger charge is -2.28. The predicted octanol–water partition coefficient (Wildman–Crippen LogP) is 19.9. The maximum atomic E-state index is 12.8. The summed E-state index contributed by atoms with van der Waals surface area (Å²) in [6, 6.07) is 0. The fraction of sp³-hybridized carbons (Fsp3) is 0.848. The molecule has 2 atom stereocenters. The zero-order valence-corrected chi connectivity index (χ0v) is 51.6. The fourth-order valence-corrected chi connectivity index (χ4v) is 10.0. The number of hydrogen-bond donors (Lipinski definition) is 0. The number of rotatable bonds is 60. The van der Waals surface area contributed by atoms with Crippen LogP contribution in [0, 0.1) is 0 Å². The quantitative estimate of drug-likeness (QED) is 0.0195. The molecule has 0 spiro atoms. The average Bonchev–Trinajstić information content (AvgIpc) is 3.38. The minimum absolute atomic E-state index is 0.0305. The maximum absolute atomic E-state index is 12.8. The lowest BCUT2D eigenvalue weighted by atomic mass is 10.0. The number of esters is 2. The van der Waals surface area contributed by atoms with E-state index in [0.29, 0.717) is 17.4 Å². The Labute approximate surface area is 471 Å². The number of carbonyl (C=O) groups is 2. The molecule has 0 N–H and O–H groups in total. The minimum Gasteiger partial charge on any atom is -0.756 e. The molecule has 0 aromatic heterocycles. The average molecular weight is 1090 g/mol. The highest BCUT2D eigenvalue weighted by Gasteiger charge is 2.22. The molecule has 0 heterocycles. The second-order valence-electron chi connectivity index (χ2n) is 23.1. The molecule has 0 fully saturated rings. The molecule has 10 heteroatoms. The van der Waals surface area contributed by atoms with Gasteiger partial charge in [-0.2, -0.15) is 0 Å². The van der Waals surface area contributed by atoms with Crippen molar-refractivity contribution in [3.05, 3.63) is 48.6 Å². The summed E-state index contributed by atoms with van der Waals surface area (Å²) in [7, 11) is 1.17. The number of hydrogen-bond acceptors (Lipinski definition) is 8. The number of likely N-dealkylation sites (N-methyl/N-ethyl adjacent to an activating group) is 1. The first kappa shape index (κ1) is 74.0. The first-order valence-corrected chi connectivity index (χ1v) is 33.8. The number of phosphoric acid groups is 1. The zero-order chi connectivity index (χ0) is 55.6. The third kappa shape index (κ3) is 61.2. The van der Waals surface area contributed by atoms with E-state index in [2.05, 4.69) is 62.5 Å². The van der Waals surface area contributed by atoms with Crippen molar-refractivity contribution in [2.45, 2.75) is 315 Å². The van der Waals surface area contributed by atoms with Gasteiger partial charge in [0, 0.05) is 12.8 Å². The van der Waals surface area contributed by atoms with Crippen molar-refractivity contribution in [3.8, 4) is 0 Å². The van der Waals surface area contributed by atoms with Gasteiger partial charge in [-0.25, -0.2) is 0 Å². The van der Waals surface area contributed by atoms with Gasteiger partial charge in [0.05, 0.1) is 27.7 Å². The Balaban J connectivity index is 4.01. The summed E-state index contributed by atoms with van der Waals surface area (Å²) in [6.07, 6.45) is 73.2. The van der Waals surface area contributed by atoms with E-state index in [1.165, 1.54) is 231 Å². The van der Waals surface area contributed by atoms with Crippen LogP contribution in [0.25, 0.3) is 0 Å². The van der Waals surface area contributed by atoms with Gasteiger partial charge in [-0.05, 0) is 77.0 Å². The molecular weight excluding hydrogens is 966 g/mol. The molecule has 0 bridgehead atoms. The Kier molecular flexibility index (Phi) is 56.1. The van der Waals surface area contributed by atoms with E-state index in [-0.39, 0.29) is 32.0 Å². The largest absolute Gasteiger partial charge is 0.756 e. The van der Waals surface area contributed by atoms with Crippen LogP contribution >= 0.6 is 7.82 Å². The molecule has 0 aromatic rings. The van der Waals surface area contributed by atoms with E-state index >= 15 is 0 Å². The number of ether oxygens (including phenoxy) is 2. The summed E-state index contributed by atoms with van der Waals surface area (Å²) in [5.74, 6) is -0.825. The molecule has 76 heavy (non-hydrogen) atoms. The summed E-state index contributed by atoms with van der Waals surface area (Å²) < 4.78 is 34.2. The third-order valence-electron chi connectivity index (χ3n) is 14.3. The predicted molar refractivity (Wildman–Crippen MR) is 324 cm³/mol. The van der Waals surface area contributed by atoms with Gasteiger partial charge in [0.1, 0.15) is 19.8 Å². The number of phosphoric ester groups is 1. The van der Waals surface area contributed by atoms with Gasteiger partial charge in [-0.1, -0.05) is 268 Å². The second kappa shape index (κ2) is 57.6. The Morgan fingerprint density at radius 2 is 0.711 bits per heavy atom. The van der Waals surface area contributed by atoms with Crippen molar-refractivity contribution < 1.29 is 42.1 Å². The van der Waals surface area contributed by atoms with Crippen LogP contribution in [0.4, 0.5) is 0 Å². The Morgan fingerprint density at radius 3 is 1.07 bits per heavy atom. The third-order valence-corrected chi connectivity index (χ3v) is 15.3. The molecule has 0 aliphatic carbocycles. The Morgan fingerprint density at radius 1 is 0.408 bits per heavy atom. The monoisotopic (exact) mass is 1090 g/mol. The molecule has 0 rings (SSSR count). The summed E-state index contributed by atoms with van der Waals surface area (Å²) in [5, 5.41) is 0. The van der Waals surface area contributed by atoms with Crippen LogP contribution < -0.4 is 4.89 Å². The van der Waals surface area contributed by atoms with Crippen molar-refractivity contribution in [2.75, 3.05) is 47.5 Å². The molecule has 0 amide bonds. The molecule has 0 saturated carbocycles. The van der Waals surface area contributed by atoms with Crippen LogP contribution in [0.2, 0.25) is 0 Å². The van der Waals surface area contributed by atoms with E-state index in [9.17, 15) is 19.0 Å². The van der Waals surface area contributed by atoms with Gasteiger partial charge >= 0.3 is 11.9 Å². The van der Waals surface area contributed by atoms with Crippen molar-refractivity contribution in [3.63, 3.8) is 0 Å². The van der Waals surface area contributed by atoms with E-state index in [0.717, 1.165) is 44.9 Å². The van der Waals surface area contributed by atoms with E-state index in [1.54, 1.807) is 0 Å². The molecule has 0 aliphatic heterocycles. The lowest BCUT2D eigenvalue weighted by molar-refractivity contribution is -0.870. The van der Waals surface area contributed by atoms with Gasteiger partial charge < -0.3 is 27.9 Å². The Hall–Kier alpha value is -2.03. The van der Waals surface area contributed by atoms with E-state index in [1.807, 2.05) is 21.1 Å². The van der Waals surface area contributed by atoms with Crippen molar-refractivity contribution in [1.82, 2.24) is 0 Å². The normalized spacial score (nSPS) is 13.5. The van der Waals surface area contributed by atoms with Crippen molar-refractivity contribution in [1.29, 1.82) is 0 Å². The smallest absolute Gasteiger partial charge is 0.306 e. The number of unbranched alkanes of at least 4 members (excludes halogenated alkanes) is 38. The summed E-state index contributed by atoms with van der Waals surface area (Å²) >= 11 is 0. The number of nitrogens with zero attached hydrogens (tertiary/aromatic N) is 1. The first-order chi connectivity index (χ1) is 37.0. The van der Waals surface area contributed by atoms with E-state index in [4.69, 9.17) is 18.5 Å². The van der Waals surface area contributed by atoms with Crippen LogP contribution in [-0.4, -0.2) is 70.0 Å². The second-order valence-corrected chi connectivity index (χ2v) is 24.5. The molecule has 0 saturated heterocycles. The summed E-state index contributed by atoms with van der Waals surface area (Å²) in [4.78, 5) is 37.9. The number of quaternary nitrogens is 1. The summed E-state index contributed by atoms with van der Waals surface area (Å²) in [6.45, 7) is 4.24. The molecular formula is C66H124NO8P. The molecule has 0 radical (unpaired) electrons. The molecule has 0 aromatic carbocycles. The molecule has 2 unspecified atom stereocenters. The van der Waals surface area contributed by atoms with E-state index < -0.39 is 26.5 Å². The van der Waals surface area contributed by atoms with Gasteiger partial charge in [-0.3, -0.25) is 14.2 Å². The standard InChI is InChI=1S/C66H124NO8P/c1-6-8-10-12-14-16-18-20-22-24-26-27-28-29-30-31-32-33-34-35-36-37-38-39-41-43-45-47-49-51-53-55-57-59-66(69)75-64(63-74-76(70,71)73-61-60-67(3,4)5)62-72-65(68)58-56-54-52-50-48-46-44-42-40-25-23-21-19-17-15-13-11-9-7-2/h15,17-18,20-21,23-24,26,64H,6-14,16,19,22,25,27-63H2,1-5H3/b17-15-,20-18-,23-21-,26-24-. The molecule has 0 aliphatic rings. The van der Waals surface area contributed by atoms with Crippen LogP contribution in [0.3, 0.4) is 0 Å². The highest BCUT2D eigenvalue weighted by molar-refractivity contribution is 7.45. The molecule has 9 nitrogen and oxygen atoms in total. The van der Waals surface area contributed by atoms with Crippen LogP contribution in [-0.2, 0) is 32.7 Å². The highest BCUT2D eigenvalue weighted by atomic mass is 31.2. The highest BCUT2D eigenvalue weighted by Crippen LogP contribution is 2.38. The van der Waals surface area contributed by atoms with Crippen LogP contribution in [0.15, 0.2) is 48.6 Å². The van der Waals surface area contributed by atoms with Crippen LogP contribution in [0.1, 0.15) is 309 Å². The van der Waals surface area contributed by atoms with Gasteiger partial charge in [-0.15, -0.1) is 0 Å². The topological polar surface area (TPSA) is 111 Å². The maximum Gasteiger partial charge on any atom is 0.306 e. The number of allylic oxidation sites excluding steroid dienone is 8. The van der Waals surface area contributed by atoms with Gasteiger partial charge in [0.2, 0.25) is 0 Å². The SMILES string of the molecule is CCCCC/C=C\C/C=C\CCCCCCCCCCCC(=O)OCC(COP(=O)([O-])OCC[N+](C)(C)C)OC(=O)CCCCCCCCCCCCCCCCCCCCCCC/C=C\C/C=C\CCCCCCC.